The quantitative estimate of drug-likeness (QED) is 0.681. The highest BCUT2D eigenvalue weighted by molar-refractivity contribution is 6.14. The van der Waals surface area contributed by atoms with Crippen LogP contribution in [0.4, 0.5) is 5.69 Å². The van der Waals surface area contributed by atoms with Crippen LogP contribution in [0.15, 0.2) is 24.3 Å². The van der Waals surface area contributed by atoms with Crippen molar-refractivity contribution in [2.45, 2.75) is 6.92 Å². The van der Waals surface area contributed by atoms with Gasteiger partial charge < -0.3 is 5.32 Å². The number of hydrogen-bond acceptors (Lipinski definition) is 3. The molecule has 0 radical (unpaired) electrons. The van der Waals surface area contributed by atoms with Gasteiger partial charge in [0, 0.05) is 17.8 Å². The monoisotopic (exact) mass is 189 g/mol. The molecule has 0 aliphatic carbocycles. The van der Waals surface area contributed by atoms with Gasteiger partial charge in [0.15, 0.2) is 5.78 Å². The van der Waals surface area contributed by atoms with Crippen LogP contribution in [0.2, 0.25) is 0 Å². The third-order valence-electron chi connectivity index (χ3n) is 2.50. The van der Waals surface area contributed by atoms with E-state index in [1.54, 1.807) is 12.1 Å². The van der Waals surface area contributed by atoms with Crippen molar-refractivity contribution in [1.82, 2.24) is 0 Å². The molecule has 14 heavy (non-hydrogen) atoms. The summed E-state index contributed by atoms with van der Waals surface area (Å²) >= 11 is 0. The number of anilines is 1. The van der Waals surface area contributed by atoms with Crippen molar-refractivity contribution in [3.8, 4) is 0 Å². The Morgan fingerprint density at radius 2 is 2.14 bits per heavy atom. The largest absolute Gasteiger partial charge is 0.383 e. The smallest absolute Gasteiger partial charge is 0.177 e. The van der Waals surface area contributed by atoms with Crippen molar-refractivity contribution in [3.63, 3.8) is 0 Å². The molecule has 0 aromatic heterocycles. The van der Waals surface area contributed by atoms with Crippen LogP contribution in [-0.4, -0.2) is 18.1 Å². The van der Waals surface area contributed by atoms with Crippen LogP contribution in [0.3, 0.4) is 0 Å². The number of benzene rings is 1. The first-order valence-electron chi connectivity index (χ1n) is 4.57. The predicted molar refractivity (Wildman–Crippen MR) is 53.4 cm³/mol. The van der Waals surface area contributed by atoms with E-state index < -0.39 is 5.92 Å². The van der Waals surface area contributed by atoms with Crippen LogP contribution in [0, 0.1) is 5.92 Å². The summed E-state index contributed by atoms with van der Waals surface area (Å²) in [5.41, 5.74) is 1.45. The average molecular weight is 189 g/mol. The molecule has 72 valence electrons. The highest BCUT2D eigenvalue weighted by atomic mass is 16.1. The Balaban J connectivity index is 2.41. The molecule has 0 spiro atoms. The van der Waals surface area contributed by atoms with Gasteiger partial charge in [-0.15, -0.1) is 0 Å². The molecule has 1 N–H and O–H groups in total. The molecule has 0 saturated carbocycles. The maximum absolute atomic E-state index is 11.8. The van der Waals surface area contributed by atoms with Gasteiger partial charge >= 0.3 is 0 Å². The number of Topliss-reactive ketones (excluding diaryl/α,β-unsaturated/α-hetero) is 2. The maximum Gasteiger partial charge on any atom is 0.177 e. The topological polar surface area (TPSA) is 46.2 Å². The second-order valence-electron chi connectivity index (χ2n) is 3.45. The van der Waals surface area contributed by atoms with Crippen molar-refractivity contribution < 1.29 is 9.59 Å². The summed E-state index contributed by atoms with van der Waals surface area (Å²) in [6.07, 6.45) is 0. The lowest BCUT2D eigenvalue weighted by atomic mass is 9.90. The fourth-order valence-corrected chi connectivity index (χ4v) is 1.67. The Hall–Kier alpha value is -1.64. The second kappa shape index (κ2) is 3.25. The molecule has 0 saturated heterocycles. The summed E-state index contributed by atoms with van der Waals surface area (Å²) in [6, 6.07) is 7.28. The highest BCUT2D eigenvalue weighted by Crippen LogP contribution is 2.24. The third-order valence-corrected chi connectivity index (χ3v) is 2.50. The normalized spacial score (nSPS) is 19.8. The van der Waals surface area contributed by atoms with Gasteiger partial charge in [0.2, 0.25) is 0 Å². The Morgan fingerprint density at radius 3 is 2.86 bits per heavy atom. The second-order valence-corrected chi connectivity index (χ2v) is 3.45. The van der Waals surface area contributed by atoms with E-state index in [9.17, 15) is 9.59 Å². The van der Waals surface area contributed by atoms with E-state index in [-0.39, 0.29) is 11.6 Å². The molecular weight excluding hydrogens is 178 g/mol. The first kappa shape index (κ1) is 8.94. The van der Waals surface area contributed by atoms with E-state index in [0.717, 1.165) is 5.69 Å². The molecule has 3 heteroatoms. The molecule has 1 atom stereocenters. The number of carbonyl (C=O) groups excluding carboxylic acids is 2. The summed E-state index contributed by atoms with van der Waals surface area (Å²) < 4.78 is 0. The molecule has 1 aliphatic rings. The molecule has 1 aliphatic heterocycles. The van der Waals surface area contributed by atoms with E-state index in [4.69, 9.17) is 0 Å². The number of rotatable bonds is 1. The Kier molecular flexibility index (Phi) is 2.08. The number of hydrogen-bond donors (Lipinski definition) is 1. The van der Waals surface area contributed by atoms with Crippen LogP contribution >= 0.6 is 0 Å². The minimum absolute atomic E-state index is 0.0631. The van der Waals surface area contributed by atoms with Gasteiger partial charge in [0.1, 0.15) is 5.78 Å². The first-order chi connectivity index (χ1) is 6.70. The van der Waals surface area contributed by atoms with Crippen LogP contribution in [0.25, 0.3) is 0 Å². The van der Waals surface area contributed by atoms with Crippen LogP contribution in [0.1, 0.15) is 17.3 Å². The van der Waals surface area contributed by atoms with Crippen molar-refractivity contribution in [2.75, 3.05) is 11.9 Å². The van der Waals surface area contributed by atoms with E-state index in [0.29, 0.717) is 12.1 Å². The van der Waals surface area contributed by atoms with Crippen molar-refractivity contribution in [2.24, 2.45) is 5.92 Å². The van der Waals surface area contributed by atoms with Crippen molar-refractivity contribution in [3.05, 3.63) is 29.8 Å². The Labute approximate surface area is 82.1 Å². The molecule has 1 aromatic carbocycles. The highest BCUT2D eigenvalue weighted by Gasteiger charge is 2.29. The Morgan fingerprint density at radius 1 is 1.43 bits per heavy atom. The zero-order chi connectivity index (χ0) is 10.1. The Bertz CT molecular complexity index is 398. The molecule has 2 rings (SSSR count). The molecule has 1 unspecified atom stereocenters. The summed E-state index contributed by atoms with van der Waals surface area (Å²) in [5, 5.41) is 3.08. The number of fused-ring (bicyclic) bond motifs is 1. The van der Waals surface area contributed by atoms with Gasteiger partial charge in [-0.3, -0.25) is 9.59 Å². The van der Waals surface area contributed by atoms with Crippen molar-refractivity contribution >= 4 is 17.3 Å². The number of ketones is 2. The molecular formula is C11H11NO2. The van der Waals surface area contributed by atoms with E-state index in [1.807, 2.05) is 12.1 Å². The van der Waals surface area contributed by atoms with Gasteiger partial charge in [0.05, 0.1) is 5.92 Å². The standard InChI is InChI=1S/C11H11NO2/c1-7(13)9-6-12-10-5-3-2-4-8(10)11(9)14/h2-5,9,12H,6H2,1H3. The zero-order valence-electron chi connectivity index (χ0n) is 7.91. The fourth-order valence-electron chi connectivity index (χ4n) is 1.67. The summed E-state index contributed by atoms with van der Waals surface area (Å²) in [4.78, 5) is 23.0. The van der Waals surface area contributed by atoms with Gasteiger partial charge in [-0.1, -0.05) is 12.1 Å². The summed E-state index contributed by atoms with van der Waals surface area (Å²) in [7, 11) is 0. The minimum atomic E-state index is -0.509. The van der Waals surface area contributed by atoms with E-state index in [2.05, 4.69) is 5.32 Å². The average Bonchev–Trinajstić information content (AvgIpc) is 2.18. The van der Waals surface area contributed by atoms with E-state index >= 15 is 0 Å². The maximum atomic E-state index is 11.8. The van der Waals surface area contributed by atoms with Crippen molar-refractivity contribution in [1.29, 1.82) is 0 Å². The third kappa shape index (κ3) is 1.31. The van der Waals surface area contributed by atoms with Gasteiger partial charge in [0.25, 0.3) is 0 Å². The zero-order valence-corrected chi connectivity index (χ0v) is 7.91. The van der Waals surface area contributed by atoms with Crippen LogP contribution in [-0.2, 0) is 4.79 Å². The minimum Gasteiger partial charge on any atom is -0.383 e. The lowest BCUT2D eigenvalue weighted by molar-refractivity contribution is -0.119. The SMILES string of the molecule is CC(=O)C1CNc2ccccc2C1=O. The number of nitrogens with one attached hydrogen (secondary N) is 1. The molecule has 0 bridgehead atoms. The predicted octanol–water partition coefficient (Wildman–Crippen LogP) is 1.50. The molecule has 0 amide bonds. The lowest BCUT2D eigenvalue weighted by Crippen LogP contribution is -2.34. The summed E-state index contributed by atoms with van der Waals surface area (Å²) in [5.74, 6) is -0.645. The molecule has 1 aromatic rings. The first-order valence-corrected chi connectivity index (χ1v) is 4.57. The van der Waals surface area contributed by atoms with Gasteiger partial charge in [-0.25, -0.2) is 0 Å². The van der Waals surface area contributed by atoms with Gasteiger partial charge in [-0.05, 0) is 19.1 Å². The molecule has 3 nitrogen and oxygen atoms in total. The summed E-state index contributed by atoms with van der Waals surface area (Å²) in [6.45, 7) is 1.88. The number of carbonyl (C=O) groups is 2. The number of para-hydroxylation sites is 1. The molecule has 0 fully saturated rings. The molecule has 1 heterocycles. The van der Waals surface area contributed by atoms with Crippen LogP contribution < -0.4 is 5.32 Å². The fraction of sp³-hybridized carbons (Fsp3) is 0.273. The van der Waals surface area contributed by atoms with E-state index in [1.165, 1.54) is 6.92 Å². The van der Waals surface area contributed by atoms with Gasteiger partial charge in [-0.2, -0.15) is 0 Å². The van der Waals surface area contributed by atoms with Crippen LogP contribution in [0.5, 0.6) is 0 Å². The lowest BCUT2D eigenvalue weighted by Gasteiger charge is -2.22.